The molecule has 5 heteroatoms. The SMILES string of the molecule is CCc1ccc(OC(=O)C(C)Oc2ccc(Cl)cc2Cl)cc1. The van der Waals surface area contributed by atoms with Crippen LogP contribution in [-0.4, -0.2) is 12.1 Å². The first-order valence-corrected chi connectivity index (χ1v) is 7.67. The molecule has 0 aliphatic heterocycles. The highest BCUT2D eigenvalue weighted by molar-refractivity contribution is 6.35. The first kappa shape index (κ1) is 16.7. The van der Waals surface area contributed by atoms with Gasteiger partial charge in [0, 0.05) is 5.02 Å². The molecule has 116 valence electrons. The maximum Gasteiger partial charge on any atom is 0.352 e. The van der Waals surface area contributed by atoms with Gasteiger partial charge in [0.15, 0.2) is 6.10 Å². The van der Waals surface area contributed by atoms with Crippen LogP contribution in [0.15, 0.2) is 42.5 Å². The molecule has 0 saturated carbocycles. The monoisotopic (exact) mass is 338 g/mol. The van der Waals surface area contributed by atoms with E-state index in [2.05, 4.69) is 6.92 Å². The third kappa shape index (κ3) is 4.39. The van der Waals surface area contributed by atoms with Crippen LogP contribution in [-0.2, 0) is 11.2 Å². The van der Waals surface area contributed by atoms with Gasteiger partial charge >= 0.3 is 5.97 Å². The fourth-order valence-corrected chi connectivity index (χ4v) is 2.25. The predicted molar refractivity (Wildman–Crippen MR) is 88.0 cm³/mol. The molecule has 2 rings (SSSR count). The highest BCUT2D eigenvalue weighted by Crippen LogP contribution is 2.28. The van der Waals surface area contributed by atoms with E-state index in [1.807, 2.05) is 12.1 Å². The lowest BCUT2D eigenvalue weighted by Crippen LogP contribution is -2.28. The van der Waals surface area contributed by atoms with Crippen molar-refractivity contribution in [3.05, 3.63) is 58.1 Å². The summed E-state index contributed by atoms with van der Waals surface area (Å²) in [6, 6.07) is 12.2. The minimum atomic E-state index is -0.787. The third-order valence-corrected chi connectivity index (χ3v) is 3.61. The zero-order valence-corrected chi connectivity index (χ0v) is 13.8. The Morgan fingerprint density at radius 3 is 2.41 bits per heavy atom. The second-order valence-corrected chi connectivity index (χ2v) is 5.60. The van der Waals surface area contributed by atoms with Crippen molar-refractivity contribution in [2.75, 3.05) is 0 Å². The summed E-state index contributed by atoms with van der Waals surface area (Å²) in [4.78, 5) is 12.0. The summed E-state index contributed by atoms with van der Waals surface area (Å²) in [5.41, 5.74) is 1.18. The molecule has 3 nitrogen and oxygen atoms in total. The lowest BCUT2D eigenvalue weighted by atomic mass is 10.2. The van der Waals surface area contributed by atoms with Gasteiger partial charge in [0.1, 0.15) is 11.5 Å². The van der Waals surface area contributed by atoms with Crippen LogP contribution < -0.4 is 9.47 Å². The first-order valence-electron chi connectivity index (χ1n) is 6.92. The van der Waals surface area contributed by atoms with Crippen LogP contribution in [0, 0.1) is 0 Å². The largest absolute Gasteiger partial charge is 0.477 e. The Kier molecular flexibility index (Phi) is 5.69. The molecule has 1 atom stereocenters. The van der Waals surface area contributed by atoms with Crippen molar-refractivity contribution >= 4 is 29.2 Å². The summed E-state index contributed by atoms with van der Waals surface area (Å²) in [5.74, 6) is 0.381. The van der Waals surface area contributed by atoms with Gasteiger partial charge < -0.3 is 9.47 Å². The molecule has 0 aliphatic rings. The van der Waals surface area contributed by atoms with Gasteiger partial charge in [0.05, 0.1) is 5.02 Å². The molecule has 2 aromatic rings. The summed E-state index contributed by atoms with van der Waals surface area (Å²) in [6.45, 7) is 3.67. The summed E-state index contributed by atoms with van der Waals surface area (Å²) >= 11 is 11.8. The number of benzene rings is 2. The Morgan fingerprint density at radius 1 is 1.14 bits per heavy atom. The molecule has 0 aliphatic carbocycles. The number of aryl methyl sites for hydroxylation is 1. The van der Waals surface area contributed by atoms with Gasteiger partial charge in [0.25, 0.3) is 0 Å². The Labute approximate surface area is 139 Å². The van der Waals surface area contributed by atoms with Crippen molar-refractivity contribution in [3.63, 3.8) is 0 Å². The average Bonchev–Trinajstić information content (AvgIpc) is 2.50. The minimum absolute atomic E-state index is 0.347. The van der Waals surface area contributed by atoms with E-state index >= 15 is 0 Å². The molecule has 0 radical (unpaired) electrons. The summed E-state index contributed by atoms with van der Waals surface area (Å²) in [7, 11) is 0. The van der Waals surface area contributed by atoms with Crippen LogP contribution in [0.2, 0.25) is 10.0 Å². The van der Waals surface area contributed by atoms with E-state index in [9.17, 15) is 4.79 Å². The number of hydrogen-bond acceptors (Lipinski definition) is 3. The second-order valence-electron chi connectivity index (χ2n) is 4.75. The smallest absolute Gasteiger partial charge is 0.352 e. The Balaban J connectivity index is 1.99. The zero-order chi connectivity index (χ0) is 16.1. The van der Waals surface area contributed by atoms with E-state index in [1.165, 1.54) is 5.56 Å². The quantitative estimate of drug-likeness (QED) is 0.572. The molecule has 0 spiro atoms. The number of rotatable bonds is 5. The van der Waals surface area contributed by atoms with E-state index in [0.29, 0.717) is 21.5 Å². The molecule has 0 heterocycles. The van der Waals surface area contributed by atoms with Crippen molar-refractivity contribution in [2.45, 2.75) is 26.4 Å². The number of carbonyl (C=O) groups excluding carboxylic acids is 1. The van der Waals surface area contributed by atoms with Crippen molar-refractivity contribution in [1.29, 1.82) is 0 Å². The summed E-state index contributed by atoms with van der Waals surface area (Å²) in [5, 5.41) is 0.850. The van der Waals surface area contributed by atoms with Crippen LogP contribution in [0.5, 0.6) is 11.5 Å². The lowest BCUT2D eigenvalue weighted by Gasteiger charge is -2.15. The molecule has 2 aromatic carbocycles. The summed E-state index contributed by atoms with van der Waals surface area (Å²) in [6.07, 6.45) is 0.146. The number of ether oxygens (including phenoxy) is 2. The predicted octanol–water partition coefficient (Wildman–Crippen LogP) is 4.93. The zero-order valence-electron chi connectivity index (χ0n) is 12.3. The van der Waals surface area contributed by atoms with Crippen LogP contribution in [0.25, 0.3) is 0 Å². The third-order valence-electron chi connectivity index (χ3n) is 3.08. The van der Waals surface area contributed by atoms with E-state index < -0.39 is 12.1 Å². The van der Waals surface area contributed by atoms with Gasteiger partial charge in [-0.25, -0.2) is 4.79 Å². The lowest BCUT2D eigenvalue weighted by molar-refractivity contribution is -0.141. The van der Waals surface area contributed by atoms with Gasteiger partial charge in [-0.15, -0.1) is 0 Å². The topological polar surface area (TPSA) is 35.5 Å². The maximum atomic E-state index is 12.0. The summed E-state index contributed by atoms with van der Waals surface area (Å²) < 4.78 is 10.8. The van der Waals surface area contributed by atoms with Crippen LogP contribution in [0.4, 0.5) is 0 Å². The van der Waals surface area contributed by atoms with Gasteiger partial charge in [-0.05, 0) is 49.2 Å². The maximum absolute atomic E-state index is 12.0. The van der Waals surface area contributed by atoms with Crippen molar-refractivity contribution in [2.24, 2.45) is 0 Å². The second kappa shape index (κ2) is 7.52. The molecule has 0 saturated heterocycles. The number of hydrogen-bond donors (Lipinski definition) is 0. The van der Waals surface area contributed by atoms with E-state index in [-0.39, 0.29) is 0 Å². The minimum Gasteiger partial charge on any atom is -0.477 e. The molecule has 0 amide bonds. The molecule has 0 aromatic heterocycles. The number of carbonyl (C=O) groups is 1. The molecule has 0 bridgehead atoms. The molecule has 22 heavy (non-hydrogen) atoms. The number of halogens is 2. The van der Waals surface area contributed by atoms with E-state index in [0.717, 1.165) is 6.42 Å². The average molecular weight is 339 g/mol. The van der Waals surface area contributed by atoms with Gasteiger partial charge in [-0.1, -0.05) is 42.3 Å². The fraction of sp³-hybridized carbons (Fsp3) is 0.235. The Bertz CT molecular complexity index is 653. The van der Waals surface area contributed by atoms with E-state index in [4.69, 9.17) is 32.7 Å². The number of esters is 1. The molecule has 1 unspecified atom stereocenters. The first-order chi connectivity index (χ1) is 10.5. The Hall–Kier alpha value is -1.71. The standard InChI is InChI=1S/C17H16Cl2O3/c1-3-12-4-7-14(8-5-12)22-17(20)11(2)21-16-9-6-13(18)10-15(16)19/h4-11H,3H2,1-2H3. The van der Waals surface area contributed by atoms with Crippen LogP contribution >= 0.6 is 23.2 Å². The van der Waals surface area contributed by atoms with E-state index in [1.54, 1.807) is 37.3 Å². The van der Waals surface area contributed by atoms with Crippen molar-refractivity contribution < 1.29 is 14.3 Å². The van der Waals surface area contributed by atoms with Crippen LogP contribution in [0.1, 0.15) is 19.4 Å². The van der Waals surface area contributed by atoms with Crippen molar-refractivity contribution in [1.82, 2.24) is 0 Å². The molecule has 0 N–H and O–H groups in total. The van der Waals surface area contributed by atoms with Gasteiger partial charge in [-0.2, -0.15) is 0 Å². The molecular weight excluding hydrogens is 323 g/mol. The highest BCUT2D eigenvalue weighted by Gasteiger charge is 2.18. The van der Waals surface area contributed by atoms with Gasteiger partial charge in [-0.3, -0.25) is 0 Å². The highest BCUT2D eigenvalue weighted by atomic mass is 35.5. The normalized spacial score (nSPS) is 11.8. The Morgan fingerprint density at radius 2 is 1.82 bits per heavy atom. The van der Waals surface area contributed by atoms with Gasteiger partial charge in [0.2, 0.25) is 0 Å². The fourth-order valence-electron chi connectivity index (χ4n) is 1.80. The van der Waals surface area contributed by atoms with Crippen LogP contribution in [0.3, 0.4) is 0 Å². The molecule has 0 fully saturated rings. The van der Waals surface area contributed by atoms with Crippen molar-refractivity contribution in [3.8, 4) is 11.5 Å². The molecular formula is C17H16Cl2O3.